The van der Waals surface area contributed by atoms with Crippen LogP contribution in [-0.2, 0) is 21.2 Å². The van der Waals surface area contributed by atoms with Crippen LogP contribution < -0.4 is 4.31 Å². The maximum absolute atomic E-state index is 12.3. The van der Waals surface area contributed by atoms with Crippen molar-refractivity contribution in [2.45, 2.75) is 6.42 Å². The van der Waals surface area contributed by atoms with Crippen molar-refractivity contribution in [2.75, 3.05) is 10.8 Å². The van der Waals surface area contributed by atoms with Crippen LogP contribution in [0.1, 0.15) is 11.1 Å². The summed E-state index contributed by atoms with van der Waals surface area (Å²) in [4.78, 5) is 10.5. The van der Waals surface area contributed by atoms with Crippen LogP contribution >= 0.6 is 11.6 Å². The molecule has 5 nitrogen and oxygen atoms in total. The highest BCUT2D eigenvalue weighted by molar-refractivity contribution is 7.95. The lowest BCUT2D eigenvalue weighted by atomic mass is 10.1. The molecule has 0 saturated carbocycles. The first-order valence-electron chi connectivity index (χ1n) is 7.72. The lowest BCUT2D eigenvalue weighted by Crippen LogP contribution is -2.31. The van der Waals surface area contributed by atoms with Gasteiger partial charge in [0.1, 0.15) is 0 Å². The predicted octanol–water partition coefficient (Wildman–Crippen LogP) is 3.96. The molecule has 26 heavy (non-hydrogen) atoms. The van der Waals surface area contributed by atoms with E-state index in [0.29, 0.717) is 17.1 Å². The summed E-state index contributed by atoms with van der Waals surface area (Å²) in [7, 11) is -3.64. The molecule has 136 valence electrons. The molecule has 0 unspecified atom stereocenters. The number of nitrogens with zero attached hydrogens (tertiary/aromatic N) is 1. The van der Waals surface area contributed by atoms with E-state index in [1.165, 1.54) is 10.4 Å². The maximum atomic E-state index is 12.3. The SMILES string of the molecule is C=CS(=O)(=O)N(CCc1ccc(C=CC(=O)O)cc1)c1ccc(Cl)cc1. The molecular formula is C19H18ClNO4S. The summed E-state index contributed by atoms with van der Waals surface area (Å²) in [6, 6.07) is 13.8. The van der Waals surface area contributed by atoms with E-state index in [-0.39, 0.29) is 6.54 Å². The summed E-state index contributed by atoms with van der Waals surface area (Å²) in [5.74, 6) is -1.01. The third-order valence-corrected chi connectivity index (χ3v) is 5.32. The average molecular weight is 392 g/mol. The van der Waals surface area contributed by atoms with E-state index in [9.17, 15) is 13.2 Å². The second kappa shape index (κ2) is 8.69. The largest absolute Gasteiger partial charge is 0.478 e. The highest BCUT2D eigenvalue weighted by Crippen LogP contribution is 2.22. The van der Waals surface area contributed by atoms with Crippen LogP contribution in [0.4, 0.5) is 5.69 Å². The lowest BCUT2D eigenvalue weighted by Gasteiger charge is -2.22. The monoisotopic (exact) mass is 391 g/mol. The minimum atomic E-state index is -3.64. The Morgan fingerprint density at radius 2 is 1.73 bits per heavy atom. The van der Waals surface area contributed by atoms with Gasteiger partial charge in [0.15, 0.2) is 0 Å². The number of hydrogen-bond donors (Lipinski definition) is 1. The Balaban J connectivity index is 2.15. The molecule has 2 aromatic rings. The number of carboxylic acids is 1. The summed E-state index contributed by atoms with van der Waals surface area (Å²) in [5.41, 5.74) is 2.19. The molecule has 0 atom stereocenters. The Labute approximate surface area is 157 Å². The van der Waals surface area contributed by atoms with Crippen molar-refractivity contribution in [1.29, 1.82) is 0 Å². The van der Waals surface area contributed by atoms with E-state index in [2.05, 4.69) is 6.58 Å². The van der Waals surface area contributed by atoms with Crippen molar-refractivity contribution >= 4 is 39.4 Å². The molecule has 7 heteroatoms. The van der Waals surface area contributed by atoms with Gasteiger partial charge in [0.05, 0.1) is 5.69 Å². The van der Waals surface area contributed by atoms with Crippen LogP contribution in [0.3, 0.4) is 0 Å². The predicted molar refractivity (Wildman–Crippen MR) is 105 cm³/mol. The van der Waals surface area contributed by atoms with E-state index >= 15 is 0 Å². The highest BCUT2D eigenvalue weighted by atomic mass is 35.5. The van der Waals surface area contributed by atoms with Gasteiger partial charge in [-0.2, -0.15) is 0 Å². The number of aliphatic carboxylic acids is 1. The molecule has 0 aliphatic carbocycles. The number of benzene rings is 2. The van der Waals surface area contributed by atoms with Gasteiger partial charge < -0.3 is 5.11 Å². The minimum Gasteiger partial charge on any atom is -0.478 e. The third-order valence-electron chi connectivity index (χ3n) is 3.63. The van der Waals surface area contributed by atoms with Crippen LogP contribution in [0.5, 0.6) is 0 Å². The zero-order valence-corrected chi connectivity index (χ0v) is 15.4. The summed E-state index contributed by atoms with van der Waals surface area (Å²) in [6.07, 6.45) is 3.04. The Morgan fingerprint density at radius 3 is 2.27 bits per heavy atom. The molecule has 0 aliphatic rings. The van der Waals surface area contributed by atoms with E-state index in [0.717, 1.165) is 22.6 Å². The number of sulfonamides is 1. The maximum Gasteiger partial charge on any atom is 0.328 e. The van der Waals surface area contributed by atoms with Crippen molar-refractivity contribution < 1.29 is 18.3 Å². The topological polar surface area (TPSA) is 74.7 Å². The second-order valence-electron chi connectivity index (χ2n) is 5.42. The Kier molecular flexibility index (Phi) is 6.60. The fraction of sp³-hybridized carbons (Fsp3) is 0.105. The number of rotatable bonds is 8. The quantitative estimate of drug-likeness (QED) is 0.691. The molecule has 2 rings (SSSR count). The van der Waals surface area contributed by atoms with Gasteiger partial charge in [0.2, 0.25) is 0 Å². The van der Waals surface area contributed by atoms with Crippen molar-refractivity contribution in [3.05, 3.63) is 82.7 Å². The van der Waals surface area contributed by atoms with E-state index < -0.39 is 16.0 Å². The fourth-order valence-electron chi connectivity index (χ4n) is 2.29. The first kappa shape index (κ1) is 19.8. The van der Waals surface area contributed by atoms with Gasteiger partial charge in [0, 0.05) is 23.1 Å². The number of halogens is 1. The number of hydrogen-bond acceptors (Lipinski definition) is 3. The van der Waals surface area contributed by atoms with Crippen molar-refractivity contribution in [2.24, 2.45) is 0 Å². The fourth-order valence-corrected chi connectivity index (χ4v) is 3.36. The molecule has 0 heterocycles. The Bertz CT molecular complexity index is 904. The van der Waals surface area contributed by atoms with Gasteiger partial charge in [-0.3, -0.25) is 4.31 Å². The molecule has 0 aromatic heterocycles. The van der Waals surface area contributed by atoms with E-state index in [1.54, 1.807) is 36.4 Å². The summed E-state index contributed by atoms with van der Waals surface area (Å²) in [6.45, 7) is 3.62. The van der Waals surface area contributed by atoms with Gasteiger partial charge in [-0.15, -0.1) is 0 Å². The van der Waals surface area contributed by atoms with Crippen molar-refractivity contribution in [1.82, 2.24) is 0 Å². The number of carbonyl (C=O) groups is 1. The summed E-state index contributed by atoms with van der Waals surface area (Å²) >= 11 is 5.87. The summed E-state index contributed by atoms with van der Waals surface area (Å²) < 4.78 is 25.9. The van der Waals surface area contributed by atoms with Gasteiger partial charge in [-0.25, -0.2) is 13.2 Å². The number of anilines is 1. The lowest BCUT2D eigenvalue weighted by molar-refractivity contribution is -0.131. The Morgan fingerprint density at radius 1 is 1.12 bits per heavy atom. The van der Waals surface area contributed by atoms with E-state index in [1.807, 2.05) is 12.1 Å². The molecular weight excluding hydrogens is 374 g/mol. The van der Waals surface area contributed by atoms with Crippen LogP contribution in [-0.4, -0.2) is 26.0 Å². The van der Waals surface area contributed by atoms with Crippen molar-refractivity contribution in [3.63, 3.8) is 0 Å². The van der Waals surface area contributed by atoms with Crippen LogP contribution in [0.15, 0.2) is 66.6 Å². The summed E-state index contributed by atoms with van der Waals surface area (Å²) in [5, 5.41) is 10.1. The average Bonchev–Trinajstić information content (AvgIpc) is 2.62. The second-order valence-corrected chi connectivity index (χ2v) is 7.66. The zero-order valence-electron chi connectivity index (χ0n) is 13.9. The van der Waals surface area contributed by atoms with E-state index in [4.69, 9.17) is 16.7 Å². The highest BCUT2D eigenvalue weighted by Gasteiger charge is 2.19. The minimum absolute atomic E-state index is 0.236. The van der Waals surface area contributed by atoms with Gasteiger partial charge >= 0.3 is 5.97 Å². The molecule has 0 saturated heterocycles. The van der Waals surface area contributed by atoms with Gasteiger partial charge in [0.25, 0.3) is 10.0 Å². The van der Waals surface area contributed by atoms with Crippen LogP contribution in [0, 0.1) is 0 Å². The number of carboxylic acid groups (broad SMARTS) is 1. The van der Waals surface area contributed by atoms with Gasteiger partial charge in [-0.1, -0.05) is 42.4 Å². The third kappa shape index (κ3) is 5.47. The van der Waals surface area contributed by atoms with Crippen LogP contribution in [0.25, 0.3) is 6.08 Å². The molecule has 0 aliphatic heterocycles. The standard InChI is InChI=1S/C19H18ClNO4S/c1-2-26(24,25)21(18-10-8-17(20)9-11-18)14-13-16-5-3-15(4-6-16)7-12-19(22)23/h2-12H,1,13-14H2,(H,22,23). The molecule has 0 spiro atoms. The molecule has 2 aromatic carbocycles. The molecule has 0 amide bonds. The Hall–Kier alpha value is -2.57. The molecule has 0 bridgehead atoms. The molecule has 1 N–H and O–H groups in total. The van der Waals surface area contributed by atoms with Gasteiger partial charge in [-0.05, 0) is 47.9 Å². The van der Waals surface area contributed by atoms with Crippen molar-refractivity contribution in [3.8, 4) is 0 Å². The smallest absolute Gasteiger partial charge is 0.328 e. The first-order chi connectivity index (χ1) is 12.3. The molecule has 0 radical (unpaired) electrons. The first-order valence-corrected chi connectivity index (χ1v) is 9.60. The zero-order chi connectivity index (χ0) is 19.2. The normalized spacial score (nSPS) is 11.4. The molecule has 0 fully saturated rings. The van der Waals surface area contributed by atoms with Crippen LogP contribution in [0.2, 0.25) is 5.02 Å².